The minimum atomic E-state index is 0.303. The zero-order valence-corrected chi connectivity index (χ0v) is 9.46. The highest BCUT2D eigenvalue weighted by Crippen LogP contribution is 2.16. The lowest BCUT2D eigenvalue weighted by atomic mass is 9.98. The molecule has 1 atom stereocenters. The van der Waals surface area contributed by atoms with E-state index in [-0.39, 0.29) is 0 Å². The van der Waals surface area contributed by atoms with E-state index in [0.717, 1.165) is 12.8 Å². The Morgan fingerprint density at radius 1 is 1.21 bits per heavy atom. The quantitative estimate of drug-likeness (QED) is 0.777. The van der Waals surface area contributed by atoms with Gasteiger partial charge in [0.05, 0.1) is 0 Å². The largest absolute Gasteiger partial charge is 0.328 e. The number of hydrogen-bond acceptors (Lipinski definition) is 1. The second-order valence-corrected chi connectivity index (χ2v) is 4.42. The molecule has 1 heteroatoms. The van der Waals surface area contributed by atoms with Crippen LogP contribution in [0.3, 0.4) is 0 Å². The van der Waals surface area contributed by atoms with Crippen LogP contribution in [0.15, 0.2) is 24.3 Å². The standard InChI is InChI=1S/C13H21N/c1-10(2)13-6-4-5-12(9-13)8-7-11(3)14/h4-6,9-11H,7-8,14H2,1-3H3/t11-/m0/s1. The second kappa shape index (κ2) is 5.16. The van der Waals surface area contributed by atoms with Crippen LogP contribution in [0.4, 0.5) is 0 Å². The summed E-state index contributed by atoms with van der Waals surface area (Å²) in [4.78, 5) is 0. The predicted octanol–water partition coefficient (Wildman–Crippen LogP) is 3.09. The van der Waals surface area contributed by atoms with Crippen molar-refractivity contribution in [1.82, 2.24) is 0 Å². The summed E-state index contributed by atoms with van der Waals surface area (Å²) in [7, 11) is 0. The summed E-state index contributed by atoms with van der Waals surface area (Å²) in [5.41, 5.74) is 8.57. The fraction of sp³-hybridized carbons (Fsp3) is 0.538. The smallest absolute Gasteiger partial charge is 0.00136 e. The number of nitrogens with two attached hydrogens (primary N) is 1. The van der Waals surface area contributed by atoms with Crippen LogP contribution in [0.1, 0.15) is 44.2 Å². The summed E-state index contributed by atoms with van der Waals surface area (Å²) in [6, 6.07) is 9.13. The molecule has 1 nitrogen and oxygen atoms in total. The molecule has 0 saturated heterocycles. The highest BCUT2D eigenvalue weighted by atomic mass is 14.6. The fourth-order valence-electron chi connectivity index (χ4n) is 1.50. The summed E-state index contributed by atoms with van der Waals surface area (Å²) in [5.74, 6) is 0.616. The third-order valence-corrected chi connectivity index (χ3v) is 2.51. The van der Waals surface area contributed by atoms with Crippen molar-refractivity contribution in [1.29, 1.82) is 0 Å². The van der Waals surface area contributed by atoms with Crippen molar-refractivity contribution in [3.63, 3.8) is 0 Å². The number of aryl methyl sites for hydroxylation is 1. The van der Waals surface area contributed by atoms with E-state index in [1.807, 2.05) is 0 Å². The van der Waals surface area contributed by atoms with Gasteiger partial charge in [0, 0.05) is 6.04 Å². The van der Waals surface area contributed by atoms with Crippen molar-refractivity contribution in [3.05, 3.63) is 35.4 Å². The van der Waals surface area contributed by atoms with E-state index in [4.69, 9.17) is 5.73 Å². The Morgan fingerprint density at radius 3 is 2.50 bits per heavy atom. The highest BCUT2D eigenvalue weighted by molar-refractivity contribution is 5.25. The van der Waals surface area contributed by atoms with Crippen LogP contribution in [0.25, 0.3) is 0 Å². The summed E-state index contributed by atoms with van der Waals surface area (Å²) in [5, 5.41) is 0. The third kappa shape index (κ3) is 3.51. The van der Waals surface area contributed by atoms with Crippen molar-refractivity contribution in [3.8, 4) is 0 Å². The summed E-state index contributed by atoms with van der Waals surface area (Å²) < 4.78 is 0. The molecule has 0 bridgehead atoms. The Hall–Kier alpha value is -0.820. The fourth-order valence-corrected chi connectivity index (χ4v) is 1.50. The SMILES string of the molecule is CC(C)c1cccc(CC[C@H](C)N)c1. The van der Waals surface area contributed by atoms with Gasteiger partial charge in [-0.25, -0.2) is 0 Å². The molecule has 0 saturated carbocycles. The zero-order chi connectivity index (χ0) is 10.6. The summed E-state index contributed by atoms with van der Waals surface area (Å²) in [6.07, 6.45) is 2.17. The molecule has 0 amide bonds. The maximum Gasteiger partial charge on any atom is 0.00136 e. The van der Waals surface area contributed by atoms with Crippen LogP contribution in [-0.2, 0) is 6.42 Å². The molecule has 1 aromatic carbocycles. The van der Waals surface area contributed by atoms with Crippen LogP contribution >= 0.6 is 0 Å². The van der Waals surface area contributed by atoms with Gasteiger partial charge in [0.25, 0.3) is 0 Å². The Morgan fingerprint density at radius 2 is 1.93 bits per heavy atom. The van der Waals surface area contributed by atoms with Crippen molar-refractivity contribution in [2.24, 2.45) is 5.73 Å². The molecule has 0 aromatic heterocycles. The Balaban J connectivity index is 2.64. The average molecular weight is 191 g/mol. The van der Waals surface area contributed by atoms with Gasteiger partial charge in [-0.1, -0.05) is 38.1 Å². The summed E-state index contributed by atoms with van der Waals surface area (Å²) >= 11 is 0. The number of hydrogen-bond donors (Lipinski definition) is 1. The molecular weight excluding hydrogens is 170 g/mol. The van der Waals surface area contributed by atoms with E-state index in [0.29, 0.717) is 12.0 Å². The van der Waals surface area contributed by atoms with E-state index in [1.165, 1.54) is 11.1 Å². The molecule has 14 heavy (non-hydrogen) atoms. The van der Waals surface area contributed by atoms with Gasteiger partial charge in [0.1, 0.15) is 0 Å². The molecule has 1 rings (SSSR count). The van der Waals surface area contributed by atoms with E-state index in [2.05, 4.69) is 45.0 Å². The third-order valence-electron chi connectivity index (χ3n) is 2.51. The molecule has 0 aliphatic heterocycles. The number of rotatable bonds is 4. The maximum absolute atomic E-state index is 5.74. The van der Waals surface area contributed by atoms with E-state index >= 15 is 0 Å². The minimum absolute atomic E-state index is 0.303. The molecule has 0 unspecified atom stereocenters. The first kappa shape index (κ1) is 11.3. The van der Waals surface area contributed by atoms with Crippen LogP contribution in [0, 0.1) is 0 Å². The first-order valence-electron chi connectivity index (χ1n) is 5.44. The lowest BCUT2D eigenvalue weighted by Gasteiger charge is -2.09. The topological polar surface area (TPSA) is 26.0 Å². The molecular formula is C13H21N. The Kier molecular flexibility index (Phi) is 4.15. The van der Waals surface area contributed by atoms with Crippen molar-refractivity contribution in [2.45, 2.75) is 45.6 Å². The lowest BCUT2D eigenvalue weighted by molar-refractivity contribution is 0.665. The second-order valence-electron chi connectivity index (χ2n) is 4.42. The van der Waals surface area contributed by atoms with Gasteiger partial charge < -0.3 is 5.73 Å². The maximum atomic E-state index is 5.74. The molecule has 2 N–H and O–H groups in total. The van der Waals surface area contributed by atoms with Crippen molar-refractivity contribution >= 4 is 0 Å². The van der Waals surface area contributed by atoms with Gasteiger partial charge >= 0.3 is 0 Å². The van der Waals surface area contributed by atoms with Gasteiger partial charge in [0.15, 0.2) is 0 Å². The first-order valence-corrected chi connectivity index (χ1v) is 5.44. The Bertz CT molecular complexity index is 276. The summed E-state index contributed by atoms with van der Waals surface area (Å²) in [6.45, 7) is 6.52. The van der Waals surface area contributed by atoms with E-state index < -0.39 is 0 Å². The molecule has 0 aliphatic carbocycles. The van der Waals surface area contributed by atoms with Gasteiger partial charge in [-0.2, -0.15) is 0 Å². The van der Waals surface area contributed by atoms with Gasteiger partial charge in [0.2, 0.25) is 0 Å². The van der Waals surface area contributed by atoms with E-state index in [9.17, 15) is 0 Å². The minimum Gasteiger partial charge on any atom is -0.328 e. The predicted molar refractivity (Wildman–Crippen MR) is 62.5 cm³/mol. The number of benzene rings is 1. The monoisotopic (exact) mass is 191 g/mol. The molecule has 0 fully saturated rings. The lowest BCUT2D eigenvalue weighted by Crippen LogP contribution is -2.15. The van der Waals surface area contributed by atoms with E-state index in [1.54, 1.807) is 0 Å². The molecule has 1 aromatic rings. The highest BCUT2D eigenvalue weighted by Gasteiger charge is 2.01. The normalized spacial score (nSPS) is 13.2. The molecule has 0 radical (unpaired) electrons. The zero-order valence-electron chi connectivity index (χ0n) is 9.46. The van der Waals surface area contributed by atoms with Crippen molar-refractivity contribution < 1.29 is 0 Å². The molecule has 78 valence electrons. The Labute approximate surface area is 87.3 Å². The average Bonchev–Trinajstić information content (AvgIpc) is 2.15. The molecule has 0 aliphatic rings. The van der Waals surface area contributed by atoms with Crippen LogP contribution in [0.5, 0.6) is 0 Å². The van der Waals surface area contributed by atoms with Gasteiger partial charge in [-0.3, -0.25) is 0 Å². The first-order chi connectivity index (χ1) is 6.59. The van der Waals surface area contributed by atoms with Gasteiger partial charge in [-0.15, -0.1) is 0 Å². The van der Waals surface area contributed by atoms with Crippen molar-refractivity contribution in [2.75, 3.05) is 0 Å². The van der Waals surface area contributed by atoms with Crippen LogP contribution in [0.2, 0.25) is 0 Å². The molecule has 0 spiro atoms. The molecule has 0 heterocycles. The van der Waals surface area contributed by atoms with Gasteiger partial charge in [-0.05, 0) is 36.8 Å². The van der Waals surface area contributed by atoms with Crippen LogP contribution < -0.4 is 5.73 Å². The van der Waals surface area contributed by atoms with Crippen LogP contribution in [-0.4, -0.2) is 6.04 Å².